The van der Waals surface area contributed by atoms with Crippen LogP contribution in [0.1, 0.15) is 18.5 Å². The minimum atomic E-state index is -0.677. The highest BCUT2D eigenvalue weighted by molar-refractivity contribution is 5.72. The molecule has 1 saturated carbocycles. The Bertz CT molecular complexity index is 367. The molecule has 0 aromatic carbocycles. The molecule has 1 aliphatic rings. The molecule has 0 spiro atoms. The van der Waals surface area contributed by atoms with Crippen molar-refractivity contribution in [1.82, 2.24) is 9.88 Å². The van der Waals surface area contributed by atoms with Crippen LogP contribution in [-0.2, 0) is 11.3 Å². The van der Waals surface area contributed by atoms with Gasteiger partial charge in [0.25, 0.3) is 0 Å². The number of hydrogen-bond acceptors (Lipinski definition) is 3. The van der Waals surface area contributed by atoms with Crippen molar-refractivity contribution in [2.75, 3.05) is 7.05 Å². The quantitative estimate of drug-likeness (QED) is 0.832. The first-order valence-electron chi connectivity index (χ1n) is 5.51. The average molecular weight is 220 g/mol. The number of carbonyl (C=O) groups is 1. The summed E-state index contributed by atoms with van der Waals surface area (Å²) in [7, 11) is 1.97. The van der Waals surface area contributed by atoms with Crippen molar-refractivity contribution in [2.45, 2.75) is 25.4 Å². The summed E-state index contributed by atoms with van der Waals surface area (Å²) in [5.74, 6) is -0.877. The van der Waals surface area contributed by atoms with Crippen molar-refractivity contribution in [2.24, 2.45) is 5.92 Å². The molecule has 86 valence electrons. The van der Waals surface area contributed by atoms with Gasteiger partial charge in [0, 0.05) is 18.8 Å². The van der Waals surface area contributed by atoms with Crippen molar-refractivity contribution >= 4 is 5.97 Å². The fourth-order valence-electron chi connectivity index (χ4n) is 2.16. The topological polar surface area (TPSA) is 53.4 Å². The van der Waals surface area contributed by atoms with Gasteiger partial charge in [-0.25, -0.2) is 0 Å². The zero-order valence-corrected chi connectivity index (χ0v) is 9.34. The van der Waals surface area contributed by atoms with Crippen LogP contribution in [0.15, 0.2) is 24.4 Å². The molecule has 1 aliphatic carbocycles. The molecule has 4 heteroatoms. The van der Waals surface area contributed by atoms with E-state index in [4.69, 9.17) is 5.11 Å². The second-order valence-corrected chi connectivity index (χ2v) is 4.33. The van der Waals surface area contributed by atoms with Gasteiger partial charge >= 0.3 is 5.97 Å². The molecule has 0 bridgehead atoms. The Morgan fingerprint density at radius 3 is 2.88 bits per heavy atom. The highest BCUT2D eigenvalue weighted by Gasteiger charge is 2.38. The summed E-state index contributed by atoms with van der Waals surface area (Å²) in [6.45, 7) is 0.718. The first kappa shape index (κ1) is 11.1. The van der Waals surface area contributed by atoms with E-state index in [-0.39, 0.29) is 12.0 Å². The normalized spacial score (nSPS) is 24.1. The van der Waals surface area contributed by atoms with Crippen LogP contribution in [0.3, 0.4) is 0 Å². The minimum absolute atomic E-state index is 0.166. The van der Waals surface area contributed by atoms with Crippen LogP contribution in [0, 0.1) is 5.92 Å². The highest BCUT2D eigenvalue weighted by atomic mass is 16.4. The first-order chi connectivity index (χ1) is 7.68. The minimum Gasteiger partial charge on any atom is -0.481 e. The number of carboxylic acid groups (broad SMARTS) is 1. The van der Waals surface area contributed by atoms with Gasteiger partial charge in [-0.2, -0.15) is 0 Å². The number of aromatic nitrogens is 1. The fourth-order valence-corrected chi connectivity index (χ4v) is 2.16. The van der Waals surface area contributed by atoms with Crippen LogP contribution in [0.5, 0.6) is 0 Å². The number of aliphatic carboxylic acids is 1. The van der Waals surface area contributed by atoms with E-state index >= 15 is 0 Å². The highest BCUT2D eigenvalue weighted by Crippen LogP contribution is 2.32. The first-order valence-corrected chi connectivity index (χ1v) is 5.51. The van der Waals surface area contributed by atoms with Crippen molar-refractivity contribution in [3.63, 3.8) is 0 Å². The lowest BCUT2D eigenvalue weighted by atomic mass is 9.78. The van der Waals surface area contributed by atoms with E-state index in [0.29, 0.717) is 0 Å². The van der Waals surface area contributed by atoms with E-state index in [1.165, 1.54) is 0 Å². The van der Waals surface area contributed by atoms with Crippen molar-refractivity contribution in [3.8, 4) is 0 Å². The van der Waals surface area contributed by atoms with Gasteiger partial charge in [-0.1, -0.05) is 6.07 Å². The number of rotatable bonds is 4. The predicted octanol–water partition coefficient (Wildman–Crippen LogP) is 1.38. The Kier molecular flexibility index (Phi) is 3.19. The monoisotopic (exact) mass is 220 g/mol. The van der Waals surface area contributed by atoms with Crippen LogP contribution in [0.25, 0.3) is 0 Å². The van der Waals surface area contributed by atoms with E-state index < -0.39 is 5.97 Å². The van der Waals surface area contributed by atoms with Crippen LogP contribution >= 0.6 is 0 Å². The molecule has 2 rings (SSSR count). The van der Waals surface area contributed by atoms with Crippen LogP contribution < -0.4 is 0 Å². The molecule has 1 fully saturated rings. The van der Waals surface area contributed by atoms with Gasteiger partial charge in [-0.3, -0.25) is 14.7 Å². The standard InChI is InChI=1S/C12H16N2O2/c1-14(8-9-4-2-3-7-13-9)11-6-5-10(11)12(15)16/h2-4,7,10-11H,5-6,8H2,1H3,(H,15,16). The Hall–Kier alpha value is -1.42. The lowest BCUT2D eigenvalue weighted by Gasteiger charge is -2.40. The number of nitrogens with zero attached hydrogens (tertiary/aromatic N) is 2. The van der Waals surface area contributed by atoms with Crippen LogP contribution in [0.4, 0.5) is 0 Å². The largest absolute Gasteiger partial charge is 0.481 e. The Morgan fingerprint density at radius 1 is 1.56 bits per heavy atom. The van der Waals surface area contributed by atoms with Crippen molar-refractivity contribution in [1.29, 1.82) is 0 Å². The van der Waals surface area contributed by atoms with Gasteiger partial charge in [0.2, 0.25) is 0 Å². The summed E-state index contributed by atoms with van der Waals surface area (Å²) in [6, 6.07) is 5.96. The molecule has 1 aromatic heterocycles. The number of carboxylic acids is 1. The second-order valence-electron chi connectivity index (χ2n) is 4.33. The summed E-state index contributed by atoms with van der Waals surface area (Å²) in [5, 5.41) is 8.98. The third kappa shape index (κ3) is 2.22. The molecule has 0 radical (unpaired) electrons. The lowest BCUT2D eigenvalue weighted by Crippen LogP contribution is -2.48. The van der Waals surface area contributed by atoms with Crippen molar-refractivity contribution < 1.29 is 9.90 Å². The molecular formula is C12H16N2O2. The zero-order valence-electron chi connectivity index (χ0n) is 9.34. The molecule has 2 atom stereocenters. The van der Waals surface area contributed by atoms with Gasteiger partial charge in [-0.05, 0) is 32.0 Å². The molecule has 4 nitrogen and oxygen atoms in total. The smallest absolute Gasteiger partial charge is 0.308 e. The van der Waals surface area contributed by atoms with Crippen LogP contribution in [0.2, 0.25) is 0 Å². The Balaban J connectivity index is 1.94. The van der Waals surface area contributed by atoms with E-state index in [0.717, 1.165) is 25.1 Å². The molecule has 0 aliphatic heterocycles. The van der Waals surface area contributed by atoms with Gasteiger partial charge in [0.1, 0.15) is 0 Å². The summed E-state index contributed by atoms with van der Waals surface area (Å²) in [5.41, 5.74) is 0.987. The SMILES string of the molecule is CN(Cc1ccccn1)C1CCC1C(=O)O. The molecule has 1 N–H and O–H groups in total. The summed E-state index contributed by atoms with van der Waals surface area (Å²) < 4.78 is 0. The fraction of sp³-hybridized carbons (Fsp3) is 0.500. The van der Waals surface area contributed by atoms with Gasteiger partial charge in [-0.15, -0.1) is 0 Å². The summed E-state index contributed by atoms with van der Waals surface area (Å²) in [4.78, 5) is 17.2. The van der Waals surface area contributed by atoms with Crippen molar-refractivity contribution in [3.05, 3.63) is 30.1 Å². The molecular weight excluding hydrogens is 204 g/mol. The molecule has 16 heavy (non-hydrogen) atoms. The number of pyridine rings is 1. The summed E-state index contributed by atoms with van der Waals surface area (Å²) in [6.07, 6.45) is 3.53. The maximum atomic E-state index is 10.9. The molecule has 1 heterocycles. The maximum absolute atomic E-state index is 10.9. The molecule has 0 saturated heterocycles. The van der Waals surface area contributed by atoms with Gasteiger partial charge in [0.05, 0.1) is 11.6 Å². The van der Waals surface area contributed by atoms with E-state index in [2.05, 4.69) is 9.88 Å². The lowest BCUT2D eigenvalue weighted by molar-refractivity contribution is -0.148. The van der Waals surface area contributed by atoms with Crippen LogP contribution in [-0.4, -0.2) is 34.0 Å². The van der Waals surface area contributed by atoms with E-state index in [1.54, 1.807) is 6.20 Å². The second kappa shape index (κ2) is 4.61. The molecule has 0 amide bonds. The van der Waals surface area contributed by atoms with E-state index in [1.807, 2.05) is 25.2 Å². The Morgan fingerprint density at radius 2 is 2.38 bits per heavy atom. The third-order valence-electron chi connectivity index (χ3n) is 3.26. The molecule has 1 aromatic rings. The zero-order chi connectivity index (χ0) is 11.5. The average Bonchev–Trinajstić information content (AvgIpc) is 2.16. The third-order valence-corrected chi connectivity index (χ3v) is 3.26. The van der Waals surface area contributed by atoms with E-state index in [9.17, 15) is 4.79 Å². The van der Waals surface area contributed by atoms with Gasteiger partial charge < -0.3 is 5.11 Å². The molecule has 2 unspecified atom stereocenters. The maximum Gasteiger partial charge on any atom is 0.308 e. The number of hydrogen-bond donors (Lipinski definition) is 1. The van der Waals surface area contributed by atoms with Gasteiger partial charge in [0.15, 0.2) is 0 Å². The Labute approximate surface area is 94.9 Å². The summed E-state index contributed by atoms with van der Waals surface area (Å²) >= 11 is 0. The predicted molar refractivity (Wildman–Crippen MR) is 59.9 cm³/mol.